The maximum atomic E-state index is 12.4. The third kappa shape index (κ3) is 3.49. The second kappa shape index (κ2) is 8.20. The van der Waals surface area contributed by atoms with Crippen LogP contribution in [-0.4, -0.2) is 41.1 Å². The number of amides is 1. The number of nitrogens with one attached hydrogen (secondary N) is 2. The van der Waals surface area contributed by atoms with Crippen molar-refractivity contribution in [2.75, 3.05) is 13.6 Å². The molecule has 36 heavy (non-hydrogen) atoms. The number of hydrogen-bond acceptors (Lipinski definition) is 2. The minimum Gasteiger partial charge on any atom is -0.362 e. The lowest BCUT2D eigenvalue weighted by molar-refractivity contribution is -0.138. The Hall–Kier alpha value is -1.10. The van der Waals surface area contributed by atoms with E-state index in [9.17, 15) is 4.79 Å². The van der Waals surface area contributed by atoms with Crippen molar-refractivity contribution in [2.24, 2.45) is 52.3 Å². The van der Waals surface area contributed by atoms with Crippen LogP contribution in [0.1, 0.15) is 90.9 Å². The molecule has 1 aliphatic heterocycles. The molecule has 198 valence electrons. The molecule has 4 bridgehead atoms. The second-order valence-corrected chi connectivity index (χ2v) is 15.4. The SMILES string of the molecule is CN1C(=O)C=C[C@@]2(C)C1CC[C@@H]1[C@H]2CC[C@]2(C)C(CNC(=S)NC34CC5CC(CC(C5)C3)C4)CC[C@@H]12. The molecule has 8 rings (SSSR count). The molecule has 0 aromatic heterocycles. The van der Waals surface area contributed by atoms with Crippen LogP contribution in [0.4, 0.5) is 0 Å². The van der Waals surface area contributed by atoms with E-state index in [2.05, 4.69) is 30.6 Å². The minimum absolute atomic E-state index is 0.145. The van der Waals surface area contributed by atoms with Crippen LogP contribution in [0.5, 0.6) is 0 Å². The van der Waals surface area contributed by atoms with E-state index in [-0.39, 0.29) is 11.3 Å². The largest absolute Gasteiger partial charge is 0.362 e. The summed E-state index contributed by atoms with van der Waals surface area (Å²) in [5, 5.41) is 8.60. The quantitative estimate of drug-likeness (QED) is 0.481. The smallest absolute Gasteiger partial charge is 0.246 e. The van der Waals surface area contributed by atoms with E-state index in [1.165, 1.54) is 77.0 Å². The van der Waals surface area contributed by atoms with Gasteiger partial charge < -0.3 is 15.5 Å². The molecule has 0 aromatic rings. The summed E-state index contributed by atoms with van der Waals surface area (Å²) in [7, 11) is 2.03. The van der Waals surface area contributed by atoms with Crippen molar-refractivity contribution < 1.29 is 4.79 Å². The first kappa shape index (κ1) is 24.0. The van der Waals surface area contributed by atoms with Gasteiger partial charge in [0.15, 0.2) is 5.11 Å². The number of rotatable bonds is 3. The molecule has 1 heterocycles. The van der Waals surface area contributed by atoms with Gasteiger partial charge in [0.2, 0.25) is 5.91 Å². The molecule has 7 saturated carbocycles. The van der Waals surface area contributed by atoms with Crippen molar-refractivity contribution in [1.29, 1.82) is 0 Å². The number of likely N-dealkylation sites (N-methyl/N-ethyl adjacent to an activating group) is 1. The maximum absolute atomic E-state index is 12.4. The number of fused-ring (bicyclic) bond motifs is 5. The second-order valence-electron chi connectivity index (χ2n) is 15.0. The Balaban J connectivity index is 1.01. The Kier molecular flexibility index (Phi) is 5.46. The molecule has 2 unspecified atom stereocenters. The topological polar surface area (TPSA) is 44.4 Å². The summed E-state index contributed by atoms with van der Waals surface area (Å²) in [6, 6.07) is 0.382. The van der Waals surface area contributed by atoms with Crippen LogP contribution < -0.4 is 10.6 Å². The Morgan fingerprint density at radius 1 is 1.00 bits per heavy atom. The summed E-state index contributed by atoms with van der Waals surface area (Å²) in [5.74, 6) is 6.10. The maximum Gasteiger partial charge on any atom is 0.246 e. The highest BCUT2D eigenvalue weighted by atomic mass is 32.1. The predicted octanol–water partition coefficient (Wildman–Crippen LogP) is 5.67. The fraction of sp³-hybridized carbons (Fsp3) is 0.871. The highest BCUT2D eigenvalue weighted by molar-refractivity contribution is 7.80. The third-order valence-electron chi connectivity index (χ3n) is 13.2. The number of nitrogens with zero attached hydrogens (tertiary/aromatic N) is 1. The highest BCUT2D eigenvalue weighted by Gasteiger charge is 2.60. The lowest BCUT2D eigenvalue weighted by atomic mass is 9.47. The lowest BCUT2D eigenvalue weighted by Crippen LogP contribution is -2.62. The normalized spacial score (nSPS) is 52.5. The van der Waals surface area contributed by atoms with Crippen molar-refractivity contribution >= 4 is 23.2 Å². The van der Waals surface area contributed by atoms with Crippen molar-refractivity contribution in [3.05, 3.63) is 12.2 Å². The average Bonchev–Trinajstić information content (AvgIpc) is 3.15. The first-order valence-electron chi connectivity index (χ1n) is 15.2. The molecule has 8 aliphatic rings. The van der Waals surface area contributed by atoms with Gasteiger partial charge in [-0.1, -0.05) is 19.9 Å². The zero-order valence-corrected chi connectivity index (χ0v) is 23.5. The van der Waals surface area contributed by atoms with Crippen LogP contribution in [-0.2, 0) is 4.79 Å². The van der Waals surface area contributed by atoms with Gasteiger partial charge in [0.05, 0.1) is 0 Å². The number of carbonyl (C=O) groups excluding carboxylic acids is 1. The fourth-order valence-corrected chi connectivity index (χ4v) is 12.2. The van der Waals surface area contributed by atoms with E-state index in [1.54, 1.807) is 0 Å². The number of hydrogen-bond donors (Lipinski definition) is 2. The zero-order chi connectivity index (χ0) is 24.9. The van der Waals surface area contributed by atoms with Crippen LogP contribution in [0.25, 0.3) is 0 Å². The van der Waals surface area contributed by atoms with E-state index >= 15 is 0 Å². The van der Waals surface area contributed by atoms with Gasteiger partial charge in [0.1, 0.15) is 0 Å². The summed E-state index contributed by atoms with van der Waals surface area (Å²) < 4.78 is 0. The first-order valence-corrected chi connectivity index (χ1v) is 15.6. The molecule has 0 radical (unpaired) electrons. The molecule has 7 aliphatic carbocycles. The third-order valence-corrected chi connectivity index (χ3v) is 13.5. The predicted molar refractivity (Wildman–Crippen MR) is 148 cm³/mol. The van der Waals surface area contributed by atoms with Crippen LogP contribution in [0.2, 0.25) is 0 Å². The Bertz CT molecular complexity index is 942. The van der Waals surface area contributed by atoms with Gasteiger partial charge in [0, 0.05) is 30.6 Å². The van der Waals surface area contributed by atoms with Crippen molar-refractivity contribution in [1.82, 2.24) is 15.5 Å². The van der Waals surface area contributed by atoms with Crippen LogP contribution in [0.15, 0.2) is 12.2 Å². The molecular formula is C31H47N3OS. The van der Waals surface area contributed by atoms with Crippen LogP contribution in [0, 0.1) is 52.3 Å². The minimum atomic E-state index is 0.145. The Morgan fingerprint density at radius 2 is 1.69 bits per heavy atom. The van der Waals surface area contributed by atoms with E-state index in [0.717, 1.165) is 47.2 Å². The number of carbonyl (C=O) groups is 1. The summed E-state index contributed by atoms with van der Waals surface area (Å²) in [6.45, 7) is 6.11. The summed E-state index contributed by atoms with van der Waals surface area (Å²) in [5.41, 5.74) is 0.871. The molecule has 1 amide bonds. The van der Waals surface area contributed by atoms with Gasteiger partial charge in [-0.2, -0.15) is 0 Å². The van der Waals surface area contributed by atoms with Crippen LogP contribution in [0.3, 0.4) is 0 Å². The van der Waals surface area contributed by atoms with Gasteiger partial charge in [-0.25, -0.2) is 0 Å². The fourth-order valence-electron chi connectivity index (χ4n) is 11.9. The van der Waals surface area contributed by atoms with Gasteiger partial charge in [0.25, 0.3) is 0 Å². The Labute approximate surface area is 223 Å². The van der Waals surface area contributed by atoms with E-state index < -0.39 is 0 Å². The molecule has 7 atom stereocenters. The van der Waals surface area contributed by atoms with E-state index in [0.29, 0.717) is 22.9 Å². The molecule has 2 N–H and O–H groups in total. The summed E-state index contributed by atoms with van der Waals surface area (Å²) in [4.78, 5) is 14.4. The molecule has 4 nitrogen and oxygen atoms in total. The van der Waals surface area contributed by atoms with Crippen molar-refractivity contribution in [3.63, 3.8) is 0 Å². The molecule has 0 aromatic carbocycles. The molecule has 7 fully saturated rings. The Morgan fingerprint density at radius 3 is 2.39 bits per heavy atom. The van der Waals surface area contributed by atoms with Gasteiger partial charge in [-0.15, -0.1) is 0 Å². The van der Waals surface area contributed by atoms with Gasteiger partial charge in [-0.05, 0) is 142 Å². The zero-order valence-electron chi connectivity index (χ0n) is 22.7. The van der Waals surface area contributed by atoms with Crippen LogP contribution >= 0.6 is 12.2 Å². The highest BCUT2D eigenvalue weighted by Crippen LogP contribution is 2.65. The van der Waals surface area contributed by atoms with E-state index in [4.69, 9.17) is 12.2 Å². The van der Waals surface area contributed by atoms with Gasteiger partial charge in [-0.3, -0.25) is 4.79 Å². The lowest BCUT2D eigenvalue weighted by Gasteiger charge is -2.60. The standard InChI is InChI=1S/C31H47N3OS/c1-29-10-8-25-23(5-7-26-30(25,2)11-9-27(35)34(26)3)24(29)6-4-22(29)18-32-28(36)33-31-15-19-12-20(16-31)14-21(13-19)17-31/h9,11,19-26H,4-8,10,12-18H2,1-3H3,(H2,32,33,36)/t19?,20?,21?,22?,23-,24-,25+,26?,29+,30+,31?/m0/s1. The monoisotopic (exact) mass is 509 g/mol. The first-order chi connectivity index (χ1) is 17.2. The average molecular weight is 510 g/mol. The van der Waals surface area contributed by atoms with E-state index in [1.807, 2.05) is 18.0 Å². The summed E-state index contributed by atoms with van der Waals surface area (Å²) in [6.07, 6.45) is 20.5. The molecule has 0 spiro atoms. The van der Waals surface area contributed by atoms with Crippen molar-refractivity contribution in [2.45, 2.75) is 102 Å². The van der Waals surface area contributed by atoms with Gasteiger partial charge >= 0.3 is 0 Å². The molecular weight excluding hydrogens is 462 g/mol. The molecule has 0 saturated heterocycles. The molecule has 5 heteroatoms. The van der Waals surface area contributed by atoms with Crippen molar-refractivity contribution in [3.8, 4) is 0 Å². The summed E-state index contributed by atoms with van der Waals surface area (Å²) >= 11 is 5.94. The number of thiocarbonyl (C=S) groups is 1.